The fourth-order valence-electron chi connectivity index (χ4n) is 0.438. The Kier molecular flexibility index (Phi) is 4.10. The predicted molar refractivity (Wildman–Crippen MR) is 27.9 cm³/mol. The Morgan fingerprint density at radius 3 is 1.64 bits per heavy atom. The van der Waals surface area contributed by atoms with E-state index >= 15 is 0 Å². The van der Waals surface area contributed by atoms with Gasteiger partial charge in [0.25, 0.3) is 12.6 Å². The normalized spacial score (nSPS) is 16.1. The molecule has 1 atom stereocenters. The van der Waals surface area contributed by atoms with Gasteiger partial charge in [0, 0.05) is 0 Å². The zero-order valence-electron chi connectivity index (χ0n) is 6.29. The molecule has 14 heavy (non-hydrogen) atoms. The molecule has 0 aromatic heterocycles. The van der Waals surface area contributed by atoms with Gasteiger partial charge in [0.15, 0.2) is 0 Å². The number of rotatable bonds is 4. The van der Waals surface area contributed by atoms with Crippen molar-refractivity contribution >= 4 is 0 Å². The molecule has 86 valence electrons. The zero-order chi connectivity index (χ0) is 11.6. The second kappa shape index (κ2) is 4.28. The number of ether oxygens (including phenoxy) is 1. The minimum Gasteiger partial charge on any atom is -0.312 e. The topological polar surface area (TPSA) is 9.23 Å². The number of halogens is 8. The second-order valence-corrected chi connectivity index (χ2v) is 2.17. The molecule has 0 saturated carbocycles. The van der Waals surface area contributed by atoms with Crippen LogP contribution in [0.5, 0.6) is 0 Å². The van der Waals surface area contributed by atoms with Crippen molar-refractivity contribution in [2.75, 3.05) is 6.61 Å². The van der Waals surface area contributed by atoms with E-state index in [9.17, 15) is 35.1 Å². The van der Waals surface area contributed by atoms with Gasteiger partial charge in [-0.15, -0.1) is 0 Å². The third kappa shape index (κ3) is 4.07. The van der Waals surface area contributed by atoms with Gasteiger partial charge in [-0.05, 0) is 0 Å². The third-order valence-corrected chi connectivity index (χ3v) is 0.984. The summed E-state index contributed by atoms with van der Waals surface area (Å²) >= 11 is 0. The maximum absolute atomic E-state index is 12.0. The first-order valence-electron chi connectivity index (χ1n) is 3.08. The van der Waals surface area contributed by atoms with E-state index in [4.69, 9.17) is 0 Å². The summed E-state index contributed by atoms with van der Waals surface area (Å²) < 4.78 is 95.3. The van der Waals surface area contributed by atoms with Gasteiger partial charge < -0.3 is 4.74 Å². The maximum atomic E-state index is 12.0. The molecule has 0 aliphatic carbocycles. The van der Waals surface area contributed by atoms with E-state index in [1.165, 1.54) is 0 Å². The summed E-state index contributed by atoms with van der Waals surface area (Å²) in [5.74, 6) is 0. The molecule has 0 aromatic carbocycles. The lowest BCUT2D eigenvalue weighted by Crippen LogP contribution is -2.44. The third-order valence-electron chi connectivity index (χ3n) is 0.984. The molecule has 0 rings (SSSR count). The van der Waals surface area contributed by atoms with Crippen molar-refractivity contribution in [1.29, 1.82) is 0 Å². The van der Waals surface area contributed by atoms with Crippen LogP contribution in [-0.2, 0) is 4.74 Å². The lowest BCUT2D eigenvalue weighted by atomic mass is 10.3. The smallest absolute Gasteiger partial charge is 0.312 e. The van der Waals surface area contributed by atoms with Crippen molar-refractivity contribution in [3.63, 3.8) is 0 Å². The fraction of sp³-hybridized carbons (Fsp3) is 1.00. The summed E-state index contributed by atoms with van der Waals surface area (Å²) in [5, 5.41) is 0. The highest BCUT2D eigenvalue weighted by Gasteiger charge is 2.58. The fourth-order valence-corrected chi connectivity index (χ4v) is 0.438. The van der Waals surface area contributed by atoms with E-state index < -0.39 is 31.5 Å². The summed E-state index contributed by atoms with van der Waals surface area (Å²) in [6.07, 6.45) is -19.2. The van der Waals surface area contributed by atoms with E-state index in [0.29, 0.717) is 0 Å². The molecule has 0 aliphatic rings. The molecule has 1 unspecified atom stereocenters. The molecule has 0 heterocycles. The average Bonchev–Trinajstić information content (AvgIpc) is 1.98. The Bertz CT molecular complexity index is 175. The van der Waals surface area contributed by atoms with E-state index in [-0.39, 0.29) is 0 Å². The van der Waals surface area contributed by atoms with Gasteiger partial charge in [0.2, 0.25) is 0 Å². The van der Waals surface area contributed by atoms with E-state index in [0.717, 1.165) is 0 Å². The maximum Gasteiger partial charge on any atom is 0.428 e. The van der Waals surface area contributed by atoms with E-state index in [2.05, 4.69) is 4.74 Å². The lowest BCUT2D eigenvalue weighted by molar-refractivity contribution is -0.340. The Morgan fingerprint density at radius 2 is 1.36 bits per heavy atom. The lowest BCUT2D eigenvalue weighted by Gasteiger charge is -2.22. The van der Waals surface area contributed by atoms with Crippen LogP contribution in [0.4, 0.5) is 35.1 Å². The minimum atomic E-state index is -5.86. The molecule has 0 bridgehead atoms. The standard InChI is InChI=1S/C5H4F8O/c6-2(7)1-14-5(12,13)3(8)4(9,10)11/h2-3H,1H2. The van der Waals surface area contributed by atoms with Gasteiger partial charge in [-0.25, -0.2) is 13.2 Å². The van der Waals surface area contributed by atoms with Gasteiger partial charge >= 0.3 is 12.3 Å². The first kappa shape index (κ1) is 13.4. The Balaban J connectivity index is 4.31. The second-order valence-electron chi connectivity index (χ2n) is 2.17. The van der Waals surface area contributed by atoms with Gasteiger partial charge in [0.05, 0.1) is 0 Å². The molecule has 0 N–H and O–H groups in total. The van der Waals surface area contributed by atoms with Crippen molar-refractivity contribution in [2.45, 2.75) is 24.9 Å². The molecule has 0 amide bonds. The van der Waals surface area contributed by atoms with Crippen LogP contribution in [0, 0.1) is 0 Å². The number of alkyl halides is 8. The number of hydrogen-bond acceptors (Lipinski definition) is 1. The van der Waals surface area contributed by atoms with Crippen LogP contribution in [0.3, 0.4) is 0 Å². The molecule has 0 radical (unpaired) electrons. The first-order valence-corrected chi connectivity index (χ1v) is 3.08. The predicted octanol–water partition coefficient (Wildman–Crippen LogP) is 2.76. The van der Waals surface area contributed by atoms with Crippen LogP contribution in [0.1, 0.15) is 0 Å². The Labute approximate surface area is 72.6 Å². The van der Waals surface area contributed by atoms with Gasteiger partial charge in [0.1, 0.15) is 6.61 Å². The van der Waals surface area contributed by atoms with Crippen molar-refractivity contribution in [1.82, 2.24) is 0 Å². The molecule has 0 aliphatic heterocycles. The monoisotopic (exact) mass is 232 g/mol. The quantitative estimate of drug-likeness (QED) is 0.677. The molecule has 0 fully saturated rings. The highest BCUT2D eigenvalue weighted by molar-refractivity contribution is 4.75. The molecular formula is C5H4F8O. The van der Waals surface area contributed by atoms with Crippen molar-refractivity contribution in [3.05, 3.63) is 0 Å². The molecule has 0 saturated heterocycles. The van der Waals surface area contributed by atoms with Crippen LogP contribution < -0.4 is 0 Å². The minimum absolute atomic E-state index is 1.97. The van der Waals surface area contributed by atoms with Crippen LogP contribution in [0.2, 0.25) is 0 Å². The van der Waals surface area contributed by atoms with Crippen LogP contribution in [0.25, 0.3) is 0 Å². The van der Waals surface area contributed by atoms with Crippen molar-refractivity contribution < 1.29 is 39.9 Å². The Hall–Kier alpha value is -0.600. The van der Waals surface area contributed by atoms with Crippen molar-refractivity contribution in [2.24, 2.45) is 0 Å². The van der Waals surface area contributed by atoms with Crippen molar-refractivity contribution in [3.8, 4) is 0 Å². The van der Waals surface area contributed by atoms with E-state index in [1.807, 2.05) is 0 Å². The Morgan fingerprint density at radius 1 is 0.929 bits per heavy atom. The SMILES string of the molecule is FC(F)COC(F)(F)C(F)C(F)(F)F. The summed E-state index contributed by atoms with van der Waals surface area (Å²) in [7, 11) is 0. The van der Waals surface area contributed by atoms with Gasteiger partial charge in [-0.3, -0.25) is 0 Å². The number of hydrogen-bond donors (Lipinski definition) is 0. The zero-order valence-corrected chi connectivity index (χ0v) is 6.29. The summed E-state index contributed by atoms with van der Waals surface area (Å²) in [6, 6.07) is 0. The first-order chi connectivity index (χ1) is 6.07. The molecular weight excluding hydrogens is 228 g/mol. The van der Waals surface area contributed by atoms with Crippen LogP contribution in [0.15, 0.2) is 0 Å². The average molecular weight is 232 g/mol. The molecule has 0 spiro atoms. The summed E-state index contributed by atoms with van der Waals surface area (Å²) in [5.41, 5.74) is 0. The van der Waals surface area contributed by atoms with Gasteiger partial charge in [-0.2, -0.15) is 22.0 Å². The van der Waals surface area contributed by atoms with Crippen LogP contribution in [-0.4, -0.2) is 31.5 Å². The molecule has 1 nitrogen and oxygen atoms in total. The highest BCUT2D eigenvalue weighted by atomic mass is 19.4. The summed E-state index contributed by atoms with van der Waals surface area (Å²) in [4.78, 5) is 0. The molecule has 9 heteroatoms. The van der Waals surface area contributed by atoms with Gasteiger partial charge in [-0.1, -0.05) is 0 Å². The molecule has 0 aromatic rings. The van der Waals surface area contributed by atoms with E-state index in [1.54, 1.807) is 0 Å². The largest absolute Gasteiger partial charge is 0.428 e. The van der Waals surface area contributed by atoms with Crippen LogP contribution >= 0.6 is 0 Å². The highest BCUT2D eigenvalue weighted by Crippen LogP contribution is 2.35. The summed E-state index contributed by atoms with van der Waals surface area (Å²) in [6.45, 7) is -1.97.